The first kappa shape index (κ1) is 22.5. The van der Waals surface area contributed by atoms with E-state index in [9.17, 15) is 31.1 Å². The zero-order valence-electron chi connectivity index (χ0n) is 15.6. The van der Waals surface area contributed by atoms with Gasteiger partial charge in [-0.1, -0.05) is 0 Å². The molecule has 0 aliphatic heterocycles. The first-order valence-corrected chi connectivity index (χ1v) is 8.26. The molecule has 1 aromatic heterocycles. The molecule has 10 heteroatoms. The van der Waals surface area contributed by atoms with E-state index in [1.54, 1.807) is 20.8 Å². The summed E-state index contributed by atoms with van der Waals surface area (Å²) in [5, 5.41) is 0. The number of rotatable bonds is 4. The third-order valence-corrected chi connectivity index (χ3v) is 3.40. The number of aromatic nitrogens is 1. The van der Waals surface area contributed by atoms with Crippen molar-refractivity contribution in [2.45, 2.75) is 38.7 Å². The van der Waals surface area contributed by atoms with Crippen molar-refractivity contribution in [2.75, 3.05) is 6.61 Å². The topological polar surface area (TPSA) is 48.4 Å². The van der Waals surface area contributed by atoms with E-state index in [2.05, 4.69) is 4.98 Å². The zero-order valence-corrected chi connectivity index (χ0v) is 15.6. The van der Waals surface area contributed by atoms with Gasteiger partial charge in [-0.15, -0.1) is 0 Å². The van der Waals surface area contributed by atoms with Gasteiger partial charge < -0.3 is 9.47 Å². The Morgan fingerprint density at radius 2 is 1.48 bits per heavy atom. The third kappa shape index (κ3) is 6.65. The van der Waals surface area contributed by atoms with Crippen LogP contribution in [0, 0.1) is 0 Å². The van der Waals surface area contributed by atoms with E-state index in [0.717, 1.165) is 6.20 Å². The van der Waals surface area contributed by atoms with Gasteiger partial charge in [-0.2, -0.15) is 26.3 Å². The van der Waals surface area contributed by atoms with Crippen molar-refractivity contribution in [1.82, 2.24) is 4.98 Å². The third-order valence-electron chi connectivity index (χ3n) is 3.40. The fourth-order valence-corrected chi connectivity index (χ4v) is 2.25. The Kier molecular flexibility index (Phi) is 6.15. The van der Waals surface area contributed by atoms with Crippen LogP contribution in [0.3, 0.4) is 0 Å². The molecule has 0 atom stereocenters. The lowest BCUT2D eigenvalue weighted by atomic mass is 10.0. The second kappa shape index (κ2) is 7.92. The van der Waals surface area contributed by atoms with Crippen LogP contribution < -0.4 is 4.74 Å². The Balaban J connectivity index is 2.24. The summed E-state index contributed by atoms with van der Waals surface area (Å²) >= 11 is 0. The zero-order chi connectivity index (χ0) is 22.0. The van der Waals surface area contributed by atoms with Crippen LogP contribution in [0.25, 0.3) is 11.3 Å². The molecule has 1 aromatic carbocycles. The van der Waals surface area contributed by atoms with Gasteiger partial charge in [0.1, 0.15) is 11.4 Å². The van der Waals surface area contributed by atoms with E-state index in [0.29, 0.717) is 12.1 Å². The molecule has 0 N–H and O–H groups in total. The molecule has 4 nitrogen and oxygen atoms in total. The molecule has 0 spiro atoms. The van der Waals surface area contributed by atoms with Gasteiger partial charge >= 0.3 is 18.3 Å². The maximum atomic E-state index is 13.0. The Bertz CT molecular complexity index is 835. The fraction of sp³-hybridized carbons (Fsp3) is 0.368. The van der Waals surface area contributed by atoms with Crippen LogP contribution in [-0.2, 0) is 21.9 Å². The van der Waals surface area contributed by atoms with E-state index in [-0.39, 0.29) is 23.1 Å². The Morgan fingerprint density at radius 3 is 1.90 bits per heavy atom. The Hall–Kier alpha value is -2.78. The highest BCUT2D eigenvalue weighted by Crippen LogP contribution is 2.38. The summed E-state index contributed by atoms with van der Waals surface area (Å²) in [6.07, 6.45) is -8.81. The molecule has 2 aromatic rings. The van der Waals surface area contributed by atoms with Gasteiger partial charge in [0.2, 0.25) is 0 Å². The molecule has 29 heavy (non-hydrogen) atoms. The van der Waals surface area contributed by atoms with Gasteiger partial charge in [0, 0.05) is 5.56 Å². The summed E-state index contributed by atoms with van der Waals surface area (Å²) in [6, 6.07) is 3.68. The van der Waals surface area contributed by atoms with Crippen LogP contribution in [-0.4, -0.2) is 23.2 Å². The van der Waals surface area contributed by atoms with Gasteiger partial charge in [-0.25, -0.2) is 4.79 Å². The lowest BCUT2D eigenvalue weighted by molar-refractivity contribution is -0.157. The molecular formula is C19H17F6NO3. The van der Waals surface area contributed by atoms with E-state index in [1.165, 1.54) is 12.1 Å². The highest BCUT2D eigenvalue weighted by atomic mass is 19.4. The number of benzene rings is 1. The maximum Gasteiger partial charge on any atom is 0.416 e. The number of nitrogens with zero attached hydrogens (tertiary/aromatic N) is 1. The largest absolute Gasteiger partial charge is 0.480 e. The minimum absolute atomic E-state index is 0.0435. The Morgan fingerprint density at radius 1 is 0.931 bits per heavy atom. The second-order valence-corrected chi connectivity index (χ2v) is 7.05. The lowest BCUT2D eigenvalue weighted by Gasteiger charge is -2.19. The van der Waals surface area contributed by atoms with Crippen molar-refractivity contribution in [3.05, 3.63) is 47.7 Å². The van der Waals surface area contributed by atoms with Crippen molar-refractivity contribution in [1.29, 1.82) is 0 Å². The molecule has 158 valence electrons. The highest BCUT2D eigenvalue weighted by Gasteiger charge is 2.37. The monoisotopic (exact) mass is 421 g/mol. The number of carbonyl (C=O) groups is 1. The van der Waals surface area contributed by atoms with Crippen molar-refractivity contribution in [3.63, 3.8) is 0 Å². The minimum Gasteiger partial charge on any atom is -0.480 e. The summed E-state index contributed by atoms with van der Waals surface area (Å²) < 4.78 is 88.0. The van der Waals surface area contributed by atoms with E-state index < -0.39 is 41.7 Å². The lowest BCUT2D eigenvalue weighted by Crippen LogP contribution is -2.27. The van der Waals surface area contributed by atoms with Crippen molar-refractivity contribution < 1.29 is 40.6 Å². The molecule has 0 unspecified atom stereocenters. The SMILES string of the molecule is CC(C)(C)OC(=O)COc1ccc(-c2cc(C(F)(F)F)cc(C(F)(F)F)c2)nc1. The molecule has 0 amide bonds. The molecule has 0 fully saturated rings. The van der Waals surface area contributed by atoms with Gasteiger partial charge in [0.15, 0.2) is 6.61 Å². The first-order valence-electron chi connectivity index (χ1n) is 8.26. The summed E-state index contributed by atoms with van der Waals surface area (Å²) in [6.45, 7) is 4.59. The van der Waals surface area contributed by atoms with Crippen molar-refractivity contribution in [3.8, 4) is 17.0 Å². The van der Waals surface area contributed by atoms with Gasteiger partial charge in [-0.05, 0) is 51.1 Å². The van der Waals surface area contributed by atoms with E-state index >= 15 is 0 Å². The summed E-state index contributed by atoms with van der Waals surface area (Å²) in [5.74, 6) is -0.545. The maximum absolute atomic E-state index is 13.0. The van der Waals surface area contributed by atoms with E-state index in [1.807, 2.05) is 0 Å². The van der Waals surface area contributed by atoms with Gasteiger partial charge in [0.25, 0.3) is 0 Å². The molecule has 0 aliphatic rings. The smallest absolute Gasteiger partial charge is 0.416 e. The number of alkyl halides is 6. The van der Waals surface area contributed by atoms with Crippen LogP contribution in [0.4, 0.5) is 26.3 Å². The normalized spacial score (nSPS) is 12.6. The Labute approximate surface area is 162 Å². The summed E-state index contributed by atoms with van der Waals surface area (Å²) in [5.41, 5.74) is -4.05. The summed E-state index contributed by atoms with van der Waals surface area (Å²) in [7, 11) is 0. The molecule has 0 saturated heterocycles. The molecule has 0 saturated carbocycles. The predicted octanol–water partition coefficient (Wildman–Crippen LogP) is 5.51. The van der Waals surface area contributed by atoms with E-state index in [4.69, 9.17) is 9.47 Å². The second-order valence-electron chi connectivity index (χ2n) is 7.05. The molecule has 0 bridgehead atoms. The quantitative estimate of drug-likeness (QED) is 0.483. The number of halogens is 6. The average molecular weight is 421 g/mol. The molecule has 1 heterocycles. The predicted molar refractivity (Wildman–Crippen MR) is 91.0 cm³/mol. The van der Waals surface area contributed by atoms with Crippen LogP contribution >= 0.6 is 0 Å². The van der Waals surface area contributed by atoms with Crippen molar-refractivity contribution in [2.24, 2.45) is 0 Å². The molecule has 0 radical (unpaired) electrons. The van der Waals surface area contributed by atoms with Crippen LogP contribution in [0.1, 0.15) is 31.9 Å². The molecule has 0 aliphatic carbocycles. The standard InChI is InChI=1S/C19H17F6NO3/c1-17(2,3)29-16(27)10-28-14-4-5-15(26-9-14)11-6-12(18(20,21)22)8-13(7-11)19(23,24)25/h4-9H,10H2,1-3H3. The fourth-order valence-electron chi connectivity index (χ4n) is 2.25. The van der Waals surface area contributed by atoms with Crippen LogP contribution in [0.15, 0.2) is 36.5 Å². The number of hydrogen-bond donors (Lipinski definition) is 0. The van der Waals surface area contributed by atoms with Crippen molar-refractivity contribution >= 4 is 5.97 Å². The molecular weight excluding hydrogens is 404 g/mol. The summed E-state index contributed by atoms with van der Waals surface area (Å²) in [4.78, 5) is 15.4. The molecule has 2 rings (SSSR count). The van der Waals surface area contributed by atoms with Crippen LogP contribution in [0.5, 0.6) is 5.75 Å². The number of carbonyl (C=O) groups excluding carboxylic acids is 1. The number of hydrogen-bond acceptors (Lipinski definition) is 4. The van der Waals surface area contributed by atoms with Gasteiger partial charge in [0.05, 0.1) is 23.0 Å². The van der Waals surface area contributed by atoms with Crippen LogP contribution in [0.2, 0.25) is 0 Å². The minimum atomic E-state index is -4.95. The van der Waals surface area contributed by atoms with Gasteiger partial charge in [-0.3, -0.25) is 4.98 Å². The number of ether oxygens (including phenoxy) is 2. The average Bonchev–Trinajstić information content (AvgIpc) is 2.57. The number of pyridine rings is 1. The number of esters is 1. The first-order chi connectivity index (χ1) is 13.1. The highest BCUT2D eigenvalue weighted by molar-refractivity contribution is 5.71.